The molecule has 0 saturated heterocycles. The third kappa shape index (κ3) is 7.21. The highest BCUT2D eigenvalue weighted by Gasteiger charge is 2.16. The van der Waals surface area contributed by atoms with Gasteiger partial charge in [-0.3, -0.25) is 14.9 Å². The van der Waals surface area contributed by atoms with Crippen molar-refractivity contribution in [1.29, 1.82) is 0 Å². The molecular formula is C26H27N3O8S2. The minimum Gasteiger partial charge on any atom is -0.493 e. The lowest BCUT2D eigenvalue weighted by Crippen LogP contribution is -2.10. The molecule has 0 spiro atoms. The van der Waals surface area contributed by atoms with E-state index in [-0.39, 0.29) is 16.3 Å². The van der Waals surface area contributed by atoms with Gasteiger partial charge in [-0.2, -0.15) is 0 Å². The average molecular weight is 574 g/mol. The second kappa shape index (κ2) is 13.0. The van der Waals surface area contributed by atoms with E-state index in [4.69, 9.17) is 14.2 Å². The second-order valence-corrected chi connectivity index (χ2v) is 11.2. The van der Waals surface area contributed by atoms with Gasteiger partial charge in [-0.15, -0.1) is 0 Å². The number of sulfone groups is 1. The number of non-ortho nitro benzene ring substituents is 1. The summed E-state index contributed by atoms with van der Waals surface area (Å²) in [5.41, 5.74) is 1.32. The van der Waals surface area contributed by atoms with Gasteiger partial charge in [0.1, 0.15) is 5.75 Å². The maximum absolute atomic E-state index is 11.8. The molecule has 1 heterocycles. The van der Waals surface area contributed by atoms with Crippen LogP contribution in [0.5, 0.6) is 17.2 Å². The Kier molecular flexibility index (Phi) is 9.79. The third-order valence-electron chi connectivity index (χ3n) is 5.49. The first-order valence-corrected chi connectivity index (χ1v) is 14.0. The molecule has 0 aliphatic rings. The first kappa shape index (κ1) is 29.3. The molecule has 3 aromatic carbocycles. The summed E-state index contributed by atoms with van der Waals surface area (Å²) < 4.78 is 40.6. The Labute approximate surface area is 229 Å². The number of rotatable bonds is 10. The average Bonchev–Trinajstić information content (AvgIpc) is 3.38. The lowest BCUT2D eigenvalue weighted by Gasteiger charge is -2.14. The Morgan fingerprint density at radius 2 is 1.67 bits per heavy atom. The minimum atomic E-state index is -3.31. The molecule has 13 heteroatoms. The second-order valence-electron chi connectivity index (χ2n) is 7.84. The Morgan fingerprint density at radius 3 is 2.18 bits per heavy atom. The maximum Gasteiger partial charge on any atom is 0.269 e. The number of anilines is 1. The van der Waals surface area contributed by atoms with Crippen molar-refractivity contribution in [3.63, 3.8) is 0 Å². The quantitative estimate of drug-likeness (QED) is 0.155. The molecule has 0 fully saturated rings. The van der Waals surface area contributed by atoms with Crippen molar-refractivity contribution in [3.05, 3.63) is 76.3 Å². The van der Waals surface area contributed by atoms with Gasteiger partial charge in [-0.05, 0) is 29.8 Å². The van der Waals surface area contributed by atoms with Crippen LogP contribution in [-0.4, -0.2) is 51.6 Å². The summed E-state index contributed by atoms with van der Waals surface area (Å²) in [6.07, 6.45) is -0.366. The van der Waals surface area contributed by atoms with Gasteiger partial charge in [0.05, 0.1) is 40.0 Å². The fourth-order valence-corrected chi connectivity index (χ4v) is 5.07. The summed E-state index contributed by atoms with van der Waals surface area (Å²) in [4.78, 5) is 25.9. The van der Waals surface area contributed by atoms with Crippen molar-refractivity contribution in [2.75, 3.05) is 32.3 Å². The molecule has 1 N–H and O–H groups in total. The Bertz CT molecular complexity index is 1500. The minimum absolute atomic E-state index is 0.0112. The highest BCUT2D eigenvalue weighted by Crippen LogP contribution is 2.35. The number of nitro groups is 1. The SMILES string of the molecule is CCS(=O)(=O)c1ccc(C(C=O)Oc2ccc([N+](=O)[O-])cc2)cc1.CNc1nc2cc(OC)c(OC)cc2s1. The number of aromatic nitrogens is 1. The van der Waals surface area contributed by atoms with Crippen LogP contribution in [0.1, 0.15) is 18.6 Å². The summed E-state index contributed by atoms with van der Waals surface area (Å²) in [5, 5.41) is 14.5. The molecule has 0 saturated carbocycles. The summed E-state index contributed by atoms with van der Waals surface area (Å²) >= 11 is 1.59. The van der Waals surface area contributed by atoms with Crippen molar-refractivity contribution in [3.8, 4) is 17.2 Å². The molecule has 0 aliphatic heterocycles. The lowest BCUT2D eigenvalue weighted by atomic mass is 10.1. The van der Waals surface area contributed by atoms with Gasteiger partial charge in [0, 0.05) is 31.3 Å². The van der Waals surface area contributed by atoms with Gasteiger partial charge in [-0.25, -0.2) is 13.4 Å². The number of ether oxygens (including phenoxy) is 3. The van der Waals surface area contributed by atoms with E-state index in [1.165, 1.54) is 48.5 Å². The molecule has 0 amide bonds. The summed E-state index contributed by atoms with van der Waals surface area (Å²) in [6.45, 7) is 1.55. The van der Waals surface area contributed by atoms with Crippen LogP contribution < -0.4 is 19.5 Å². The number of nitrogens with zero attached hydrogens (tertiary/aromatic N) is 2. The number of aldehydes is 1. The van der Waals surface area contributed by atoms with Crippen molar-refractivity contribution < 1.29 is 32.3 Å². The van der Waals surface area contributed by atoms with Crippen LogP contribution in [0.2, 0.25) is 0 Å². The predicted octanol–water partition coefficient (Wildman–Crippen LogP) is 5.06. The number of hydrogen-bond donors (Lipinski definition) is 1. The van der Waals surface area contributed by atoms with E-state index in [1.807, 2.05) is 19.2 Å². The number of carbonyl (C=O) groups excluding carboxylic acids is 1. The molecular weight excluding hydrogens is 546 g/mol. The zero-order valence-electron chi connectivity index (χ0n) is 21.6. The zero-order chi connectivity index (χ0) is 28.6. The molecule has 11 nitrogen and oxygen atoms in total. The van der Waals surface area contributed by atoms with E-state index < -0.39 is 20.9 Å². The largest absolute Gasteiger partial charge is 0.493 e. The topological polar surface area (TPSA) is 147 Å². The van der Waals surface area contributed by atoms with Crippen LogP contribution in [0.15, 0.2) is 65.6 Å². The Hall–Kier alpha value is -4.23. The van der Waals surface area contributed by atoms with Gasteiger partial charge < -0.3 is 19.5 Å². The van der Waals surface area contributed by atoms with Crippen molar-refractivity contribution >= 4 is 48.5 Å². The molecule has 206 valence electrons. The van der Waals surface area contributed by atoms with Gasteiger partial charge >= 0.3 is 0 Å². The van der Waals surface area contributed by atoms with E-state index in [1.54, 1.807) is 32.5 Å². The number of hydrogen-bond acceptors (Lipinski definition) is 11. The van der Waals surface area contributed by atoms with E-state index in [9.17, 15) is 23.3 Å². The number of fused-ring (bicyclic) bond motifs is 1. The van der Waals surface area contributed by atoms with Crippen molar-refractivity contribution in [2.24, 2.45) is 0 Å². The number of benzene rings is 3. The smallest absolute Gasteiger partial charge is 0.269 e. The van der Waals surface area contributed by atoms with Gasteiger partial charge in [-0.1, -0.05) is 30.4 Å². The fraction of sp³-hybridized carbons (Fsp3) is 0.231. The highest BCUT2D eigenvalue weighted by molar-refractivity contribution is 7.91. The Morgan fingerprint density at radius 1 is 1.05 bits per heavy atom. The predicted molar refractivity (Wildman–Crippen MR) is 149 cm³/mol. The number of thiazole rings is 1. The molecule has 0 aliphatic carbocycles. The van der Waals surface area contributed by atoms with Gasteiger partial charge in [0.15, 0.2) is 38.9 Å². The summed E-state index contributed by atoms with van der Waals surface area (Å²) in [7, 11) is 1.79. The van der Waals surface area contributed by atoms with Crippen LogP contribution in [0.4, 0.5) is 10.8 Å². The van der Waals surface area contributed by atoms with E-state index in [2.05, 4.69) is 10.3 Å². The van der Waals surface area contributed by atoms with Crippen LogP contribution in [0, 0.1) is 10.1 Å². The monoisotopic (exact) mass is 573 g/mol. The van der Waals surface area contributed by atoms with Crippen LogP contribution in [-0.2, 0) is 14.6 Å². The first-order valence-electron chi connectivity index (χ1n) is 11.5. The molecule has 4 rings (SSSR count). The summed E-state index contributed by atoms with van der Waals surface area (Å²) in [5.74, 6) is 1.72. The van der Waals surface area contributed by atoms with Crippen molar-refractivity contribution in [1.82, 2.24) is 4.98 Å². The molecule has 0 bridgehead atoms. The molecule has 1 unspecified atom stereocenters. The number of carbonyl (C=O) groups is 1. The zero-order valence-corrected chi connectivity index (χ0v) is 23.2. The fourth-order valence-electron chi connectivity index (χ4n) is 3.36. The normalized spacial score (nSPS) is 11.6. The maximum atomic E-state index is 11.8. The molecule has 1 aromatic heterocycles. The van der Waals surface area contributed by atoms with Gasteiger partial charge in [0.25, 0.3) is 5.69 Å². The Balaban J connectivity index is 0.000000239. The summed E-state index contributed by atoms with van der Waals surface area (Å²) in [6, 6.07) is 15.0. The molecule has 1 atom stereocenters. The van der Waals surface area contributed by atoms with Gasteiger partial charge in [0.2, 0.25) is 0 Å². The number of nitrogens with one attached hydrogen (secondary N) is 1. The van der Waals surface area contributed by atoms with Crippen LogP contribution in [0.3, 0.4) is 0 Å². The third-order valence-corrected chi connectivity index (χ3v) is 8.28. The molecule has 39 heavy (non-hydrogen) atoms. The van der Waals surface area contributed by atoms with Crippen LogP contribution >= 0.6 is 11.3 Å². The highest BCUT2D eigenvalue weighted by atomic mass is 32.2. The number of methoxy groups -OCH3 is 2. The van der Waals surface area contributed by atoms with Crippen molar-refractivity contribution in [2.45, 2.75) is 17.9 Å². The van der Waals surface area contributed by atoms with E-state index >= 15 is 0 Å². The van der Waals surface area contributed by atoms with Crippen LogP contribution in [0.25, 0.3) is 10.2 Å². The first-order chi connectivity index (χ1) is 18.6. The number of nitro benzene ring substituents is 1. The van der Waals surface area contributed by atoms with E-state index in [0.717, 1.165) is 21.1 Å². The standard InChI is InChI=1S/C16H15NO6S.C10H12N2O2S/c1-2-24(21,22)15-9-3-12(4-10-15)16(11-18)23-14-7-5-13(6-8-14)17(19)20;1-11-10-12-6-4-7(13-2)8(14-3)5-9(6)15-10/h3-11,16H,2H2,1H3;4-5H,1-3H3,(H,11,12). The van der Waals surface area contributed by atoms with E-state index in [0.29, 0.717) is 23.3 Å². The molecule has 4 aromatic rings. The lowest BCUT2D eigenvalue weighted by molar-refractivity contribution is -0.384. The molecule has 0 radical (unpaired) electrons.